The Balaban J connectivity index is 1.79. The molecule has 1 atom stereocenters. The van der Waals surface area contributed by atoms with Crippen molar-refractivity contribution in [3.8, 4) is 5.75 Å². The molecule has 0 radical (unpaired) electrons. The maximum Gasteiger partial charge on any atom is 0.137 e. The summed E-state index contributed by atoms with van der Waals surface area (Å²) in [5, 5.41) is 0.777. The number of hydrogen-bond donors (Lipinski definition) is 0. The summed E-state index contributed by atoms with van der Waals surface area (Å²) in [6, 6.07) is 3.91. The van der Waals surface area contributed by atoms with E-state index in [1.54, 1.807) is 6.20 Å². The van der Waals surface area contributed by atoms with Crippen LogP contribution in [0.25, 0.3) is 0 Å². The van der Waals surface area contributed by atoms with Gasteiger partial charge in [0.15, 0.2) is 0 Å². The number of halogens is 1. The minimum absolute atomic E-state index is 0.254. The average Bonchev–Trinajstić information content (AvgIpc) is 2.38. The third kappa shape index (κ3) is 3.46. The van der Waals surface area contributed by atoms with Crippen LogP contribution in [-0.4, -0.2) is 24.3 Å². The third-order valence-electron chi connectivity index (χ3n) is 2.64. The molecule has 0 bridgehead atoms. The summed E-state index contributed by atoms with van der Waals surface area (Å²) in [7, 11) is 0. The molecule has 1 unspecified atom stereocenters. The fourth-order valence-electron chi connectivity index (χ4n) is 1.70. The Kier molecular flexibility index (Phi) is 4.60. The van der Waals surface area contributed by atoms with Gasteiger partial charge in [0.05, 0.1) is 18.0 Å². The first-order valence-electron chi connectivity index (χ1n) is 5.64. The van der Waals surface area contributed by atoms with Crippen LogP contribution in [0.15, 0.2) is 18.3 Å². The highest BCUT2D eigenvalue weighted by Gasteiger charge is 2.14. The van der Waals surface area contributed by atoms with E-state index in [0.717, 1.165) is 29.8 Å². The molecule has 2 rings (SSSR count). The maximum absolute atomic E-state index is 5.64. The highest BCUT2D eigenvalue weighted by molar-refractivity contribution is 9.08. The van der Waals surface area contributed by atoms with Gasteiger partial charge in [-0.1, -0.05) is 15.9 Å². The summed E-state index contributed by atoms with van der Waals surface area (Å²) in [5.74, 6) is 0.818. The van der Waals surface area contributed by atoms with Crippen molar-refractivity contribution >= 4 is 15.9 Å². The minimum atomic E-state index is 0.254. The monoisotopic (exact) mass is 285 g/mol. The van der Waals surface area contributed by atoms with E-state index in [9.17, 15) is 0 Å². The number of pyridine rings is 1. The van der Waals surface area contributed by atoms with Gasteiger partial charge in [-0.3, -0.25) is 4.98 Å². The van der Waals surface area contributed by atoms with Crippen molar-refractivity contribution in [3.63, 3.8) is 0 Å². The first kappa shape index (κ1) is 11.9. The number of hydrogen-bond acceptors (Lipinski definition) is 3. The van der Waals surface area contributed by atoms with Crippen molar-refractivity contribution in [2.75, 3.05) is 13.2 Å². The highest BCUT2D eigenvalue weighted by Crippen LogP contribution is 2.16. The topological polar surface area (TPSA) is 31.4 Å². The van der Waals surface area contributed by atoms with Crippen LogP contribution in [0.2, 0.25) is 0 Å². The van der Waals surface area contributed by atoms with E-state index in [1.165, 1.54) is 12.8 Å². The van der Waals surface area contributed by atoms with Gasteiger partial charge in [0.2, 0.25) is 0 Å². The van der Waals surface area contributed by atoms with E-state index >= 15 is 0 Å². The molecule has 3 nitrogen and oxygen atoms in total. The number of nitrogens with zero attached hydrogens (tertiary/aromatic N) is 1. The van der Waals surface area contributed by atoms with E-state index in [0.29, 0.717) is 6.61 Å². The van der Waals surface area contributed by atoms with Crippen molar-refractivity contribution in [2.24, 2.45) is 0 Å². The fourth-order valence-corrected chi connectivity index (χ4v) is 2.04. The second-order valence-corrected chi connectivity index (χ2v) is 4.48. The van der Waals surface area contributed by atoms with Crippen molar-refractivity contribution in [3.05, 3.63) is 24.0 Å². The van der Waals surface area contributed by atoms with Crippen LogP contribution in [0.5, 0.6) is 5.75 Å². The Bertz CT molecular complexity index is 309. The van der Waals surface area contributed by atoms with Crippen LogP contribution in [-0.2, 0) is 10.1 Å². The molecule has 0 aliphatic carbocycles. The number of alkyl halides is 1. The molecule has 2 heterocycles. The second-order valence-electron chi connectivity index (χ2n) is 3.92. The molecule has 1 fully saturated rings. The lowest BCUT2D eigenvalue weighted by molar-refractivity contribution is -0.0111. The molecule has 1 aliphatic rings. The van der Waals surface area contributed by atoms with Gasteiger partial charge in [-0.15, -0.1) is 0 Å². The van der Waals surface area contributed by atoms with E-state index in [4.69, 9.17) is 9.47 Å². The largest absolute Gasteiger partial charge is 0.489 e. The molecule has 16 heavy (non-hydrogen) atoms. The molecule has 1 aromatic rings. The van der Waals surface area contributed by atoms with Gasteiger partial charge < -0.3 is 9.47 Å². The highest BCUT2D eigenvalue weighted by atomic mass is 79.9. The van der Waals surface area contributed by atoms with Crippen LogP contribution in [0.1, 0.15) is 25.0 Å². The van der Waals surface area contributed by atoms with Crippen LogP contribution in [0.3, 0.4) is 0 Å². The summed E-state index contributed by atoms with van der Waals surface area (Å²) >= 11 is 3.36. The predicted octanol–water partition coefficient (Wildman–Crippen LogP) is 2.92. The summed E-state index contributed by atoms with van der Waals surface area (Å²) in [4.78, 5) is 4.25. The summed E-state index contributed by atoms with van der Waals surface area (Å²) in [6.07, 6.45) is 5.55. The molecule has 1 saturated heterocycles. The van der Waals surface area contributed by atoms with Crippen LogP contribution in [0, 0.1) is 0 Å². The second kappa shape index (κ2) is 6.21. The quantitative estimate of drug-likeness (QED) is 0.797. The number of ether oxygens (including phenoxy) is 2. The Morgan fingerprint density at radius 2 is 2.38 bits per heavy atom. The molecule has 88 valence electrons. The molecule has 0 aromatic carbocycles. The lowest BCUT2D eigenvalue weighted by Gasteiger charge is -2.22. The molecule has 0 amide bonds. The summed E-state index contributed by atoms with van der Waals surface area (Å²) < 4.78 is 11.2. The van der Waals surface area contributed by atoms with E-state index < -0.39 is 0 Å². The van der Waals surface area contributed by atoms with Crippen LogP contribution in [0.4, 0.5) is 0 Å². The SMILES string of the molecule is BrCc1ccc(OCC2CCCCO2)cn1. The molecule has 0 N–H and O–H groups in total. The predicted molar refractivity (Wildman–Crippen MR) is 66.0 cm³/mol. The van der Waals surface area contributed by atoms with Gasteiger partial charge in [-0.25, -0.2) is 0 Å². The molecular weight excluding hydrogens is 270 g/mol. The molecule has 0 spiro atoms. The van der Waals surface area contributed by atoms with Crippen LogP contribution >= 0.6 is 15.9 Å². The van der Waals surface area contributed by atoms with Gasteiger partial charge in [-0.2, -0.15) is 0 Å². The zero-order valence-electron chi connectivity index (χ0n) is 9.19. The van der Waals surface area contributed by atoms with Crippen molar-refractivity contribution in [1.82, 2.24) is 4.98 Å². The van der Waals surface area contributed by atoms with Crippen molar-refractivity contribution in [2.45, 2.75) is 30.7 Å². The first-order valence-corrected chi connectivity index (χ1v) is 6.76. The Morgan fingerprint density at radius 3 is 3.00 bits per heavy atom. The summed E-state index contributed by atoms with van der Waals surface area (Å²) in [5.41, 5.74) is 1.02. The first-order chi connectivity index (χ1) is 7.88. The van der Waals surface area contributed by atoms with E-state index in [-0.39, 0.29) is 6.10 Å². The molecule has 1 aliphatic heterocycles. The van der Waals surface area contributed by atoms with Gasteiger partial charge in [0.1, 0.15) is 12.4 Å². The Morgan fingerprint density at radius 1 is 1.44 bits per heavy atom. The van der Waals surface area contributed by atoms with Crippen LogP contribution < -0.4 is 4.74 Å². The minimum Gasteiger partial charge on any atom is -0.489 e. The zero-order chi connectivity index (χ0) is 11.2. The van der Waals surface area contributed by atoms with E-state index in [1.807, 2.05) is 12.1 Å². The standard InChI is InChI=1S/C12H16BrNO2/c13-7-10-4-5-11(8-14-10)16-9-12-3-1-2-6-15-12/h4-5,8,12H,1-3,6-7,9H2. The van der Waals surface area contributed by atoms with Gasteiger partial charge in [-0.05, 0) is 31.4 Å². The molecule has 4 heteroatoms. The maximum atomic E-state index is 5.64. The summed E-state index contributed by atoms with van der Waals surface area (Å²) in [6.45, 7) is 1.50. The molecule has 1 aromatic heterocycles. The lowest BCUT2D eigenvalue weighted by Crippen LogP contribution is -2.25. The van der Waals surface area contributed by atoms with Gasteiger partial charge in [0.25, 0.3) is 0 Å². The Labute approximate surface area is 104 Å². The Hall–Kier alpha value is -0.610. The smallest absolute Gasteiger partial charge is 0.137 e. The normalized spacial score (nSPS) is 20.7. The van der Waals surface area contributed by atoms with E-state index in [2.05, 4.69) is 20.9 Å². The third-order valence-corrected chi connectivity index (χ3v) is 3.22. The fraction of sp³-hybridized carbons (Fsp3) is 0.583. The van der Waals surface area contributed by atoms with Crippen molar-refractivity contribution < 1.29 is 9.47 Å². The van der Waals surface area contributed by atoms with Gasteiger partial charge in [0, 0.05) is 11.9 Å². The number of rotatable bonds is 4. The average molecular weight is 286 g/mol. The lowest BCUT2D eigenvalue weighted by atomic mass is 10.1. The number of aromatic nitrogens is 1. The molecular formula is C12H16BrNO2. The van der Waals surface area contributed by atoms with Gasteiger partial charge >= 0.3 is 0 Å². The molecule has 0 saturated carbocycles. The zero-order valence-corrected chi connectivity index (χ0v) is 10.8. The van der Waals surface area contributed by atoms with Crippen molar-refractivity contribution in [1.29, 1.82) is 0 Å².